The van der Waals surface area contributed by atoms with Crippen LogP contribution in [0.15, 0.2) is 25.3 Å². The summed E-state index contributed by atoms with van der Waals surface area (Å²) in [7, 11) is 0. The summed E-state index contributed by atoms with van der Waals surface area (Å²) >= 11 is 0. The van der Waals surface area contributed by atoms with E-state index >= 15 is 0 Å². The summed E-state index contributed by atoms with van der Waals surface area (Å²) in [6.07, 6.45) is 9.97. The first-order valence-corrected chi connectivity index (χ1v) is 11.1. The number of nitrogens with zero attached hydrogens (tertiary/aromatic N) is 1. The van der Waals surface area contributed by atoms with E-state index < -0.39 is 24.2 Å². The Morgan fingerprint density at radius 1 is 0.931 bits per heavy atom. The minimum Gasteiger partial charge on any atom is -0.477 e. The molecule has 0 heterocycles. The van der Waals surface area contributed by atoms with Crippen molar-refractivity contribution in [3.05, 3.63) is 25.3 Å². The van der Waals surface area contributed by atoms with Crippen LogP contribution in [0.5, 0.6) is 0 Å². The molecule has 0 fully saturated rings. The number of aliphatic carboxylic acids is 1. The van der Waals surface area contributed by atoms with Crippen LogP contribution in [0.4, 0.5) is 0 Å². The van der Waals surface area contributed by atoms with Gasteiger partial charge in [0.25, 0.3) is 0 Å². The number of aliphatic hydroxyl groups excluding tert-OH is 3. The zero-order chi connectivity index (χ0) is 22.1. The molecule has 0 amide bonds. The monoisotopic (exact) mass is 414 g/mol. The summed E-state index contributed by atoms with van der Waals surface area (Å²) in [6.45, 7) is 9.83. The number of aliphatic hydroxyl groups is 3. The van der Waals surface area contributed by atoms with Gasteiger partial charge >= 0.3 is 5.97 Å². The van der Waals surface area contributed by atoms with Gasteiger partial charge in [-0.1, -0.05) is 31.9 Å². The topological polar surface area (TPSA) is 98.0 Å². The minimum absolute atomic E-state index is 0.0188. The summed E-state index contributed by atoms with van der Waals surface area (Å²) in [5.74, 6) is -0.932. The molecule has 4 N–H and O–H groups in total. The molecule has 0 radical (unpaired) electrons. The molecule has 0 spiro atoms. The lowest BCUT2D eigenvalue weighted by atomic mass is 10.00. The van der Waals surface area contributed by atoms with E-state index in [1.54, 1.807) is 0 Å². The van der Waals surface area contributed by atoms with Crippen molar-refractivity contribution < 1.29 is 29.7 Å². The lowest BCUT2D eigenvalue weighted by Gasteiger charge is -2.45. The Morgan fingerprint density at radius 3 is 1.76 bits per heavy atom. The van der Waals surface area contributed by atoms with E-state index in [1.165, 1.54) is 0 Å². The van der Waals surface area contributed by atoms with Crippen molar-refractivity contribution in [1.82, 2.24) is 0 Å². The molecule has 0 aliphatic rings. The molecule has 0 saturated heterocycles. The van der Waals surface area contributed by atoms with Crippen LogP contribution >= 0.6 is 0 Å². The second-order valence-corrected chi connectivity index (χ2v) is 8.13. The highest BCUT2D eigenvalue weighted by Crippen LogP contribution is 2.24. The molecule has 3 atom stereocenters. The fraction of sp³-hybridized carbons (Fsp3) is 0.783. The molecule has 0 bridgehead atoms. The number of carboxylic acids is 1. The molecule has 6 heteroatoms. The first-order chi connectivity index (χ1) is 13.9. The Hall–Kier alpha value is -1.21. The quantitative estimate of drug-likeness (QED) is 0.139. The normalized spacial score (nSPS) is 16.6. The number of rotatable bonds is 20. The van der Waals surface area contributed by atoms with E-state index in [9.17, 15) is 25.2 Å². The van der Waals surface area contributed by atoms with Crippen LogP contribution in [-0.2, 0) is 4.79 Å². The third kappa shape index (κ3) is 11.5. The lowest BCUT2D eigenvalue weighted by molar-refractivity contribution is -0.949. The predicted octanol–water partition coefficient (Wildman–Crippen LogP) is 3.26. The van der Waals surface area contributed by atoms with Crippen molar-refractivity contribution >= 4 is 5.97 Å². The van der Waals surface area contributed by atoms with Crippen molar-refractivity contribution in [2.45, 2.75) is 89.4 Å². The van der Waals surface area contributed by atoms with E-state index in [2.05, 4.69) is 13.2 Å². The Bertz CT molecular complexity index is 431. The number of hydrogen-bond acceptors (Lipinski definition) is 4. The summed E-state index contributed by atoms with van der Waals surface area (Å²) < 4.78 is 0.0188. The molecule has 0 aromatic carbocycles. The minimum atomic E-state index is -0.932. The van der Waals surface area contributed by atoms with Gasteiger partial charge in [-0.25, -0.2) is 4.79 Å². The van der Waals surface area contributed by atoms with Gasteiger partial charge in [-0.3, -0.25) is 0 Å². The van der Waals surface area contributed by atoms with Crippen molar-refractivity contribution in [3.8, 4) is 0 Å². The van der Waals surface area contributed by atoms with E-state index in [-0.39, 0.29) is 30.7 Å². The second-order valence-electron chi connectivity index (χ2n) is 8.13. The lowest BCUT2D eigenvalue weighted by Crippen LogP contribution is -2.64. The van der Waals surface area contributed by atoms with Crippen LogP contribution in [0.1, 0.15) is 71.1 Å². The molecular weight excluding hydrogens is 370 g/mol. The van der Waals surface area contributed by atoms with Crippen LogP contribution in [0.3, 0.4) is 0 Å². The SMILES string of the molecule is C=CCCCCC(O)C[N+](CCO)(CC(O)CCCCC=C)C(CCC)C(=O)O. The molecule has 3 unspecified atom stereocenters. The third-order valence-electron chi connectivity index (χ3n) is 5.59. The van der Waals surface area contributed by atoms with Gasteiger partial charge in [-0.2, -0.15) is 0 Å². The standard InChI is InChI=1S/C23H43NO5/c1-4-7-9-11-14-20(26)18-24(16-17-25,22(13-6-3)23(28)29)19-21(27)15-12-10-8-5-2/h4-5,20-22,25-27H,1-2,6-19H2,3H3/p+1. The molecule has 0 aliphatic heterocycles. The molecule has 0 saturated carbocycles. The summed E-state index contributed by atoms with van der Waals surface area (Å²) in [6, 6.07) is -0.752. The fourth-order valence-electron chi connectivity index (χ4n) is 4.13. The smallest absolute Gasteiger partial charge is 0.362 e. The van der Waals surface area contributed by atoms with Gasteiger partial charge in [-0.15, -0.1) is 13.2 Å². The van der Waals surface area contributed by atoms with Crippen LogP contribution in [0, 0.1) is 0 Å². The van der Waals surface area contributed by atoms with Gasteiger partial charge in [0.2, 0.25) is 0 Å². The predicted molar refractivity (Wildman–Crippen MR) is 118 cm³/mol. The van der Waals surface area contributed by atoms with E-state index in [1.807, 2.05) is 19.1 Å². The molecule has 29 heavy (non-hydrogen) atoms. The number of allylic oxidation sites excluding steroid dienone is 2. The van der Waals surface area contributed by atoms with Crippen molar-refractivity contribution in [2.24, 2.45) is 0 Å². The highest BCUT2D eigenvalue weighted by atomic mass is 16.4. The number of carbonyl (C=O) groups is 1. The third-order valence-corrected chi connectivity index (χ3v) is 5.59. The van der Waals surface area contributed by atoms with E-state index in [4.69, 9.17) is 0 Å². The molecular formula is C23H44NO5+. The highest BCUT2D eigenvalue weighted by molar-refractivity contribution is 5.72. The van der Waals surface area contributed by atoms with Crippen LogP contribution < -0.4 is 0 Å². The second kappa shape index (κ2) is 16.6. The number of quaternary nitrogens is 1. The molecule has 0 aromatic heterocycles. The van der Waals surface area contributed by atoms with Crippen molar-refractivity contribution in [1.29, 1.82) is 0 Å². The largest absolute Gasteiger partial charge is 0.477 e. The number of carboxylic acid groups (broad SMARTS) is 1. The fourth-order valence-corrected chi connectivity index (χ4v) is 4.13. The van der Waals surface area contributed by atoms with Crippen LogP contribution in [0.2, 0.25) is 0 Å². The Balaban J connectivity index is 5.38. The van der Waals surface area contributed by atoms with Gasteiger partial charge in [0.05, 0.1) is 6.61 Å². The summed E-state index contributed by atoms with van der Waals surface area (Å²) in [5.41, 5.74) is 0. The van der Waals surface area contributed by atoms with Gasteiger partial charge in [0.15, 0.2) is 6.04 Å². The van der Waals surface area contributed by atoms with Crippen LogP contribution in [-0.4, -0.2) is 75.4 Å². The molecule has 0 rings (SSSR count). The zero-order valence-corrected chi connectivity index (χ0v) is 18.3. The Labute approximate surface area is 177 Å². The van der Waals surface area contributed by atoms with Gasteiger partial charge in [-0.05, 0) is 44.9 Å². The van der Waals surface area contributed by atoms with Crippen LogP contribution in [0.25, 0.3) is 0 Å². The first-order valence-electron chi connectivity index (χ1n) is 11.1. The Morgan fingerprint density at radius 2 is 1.41 bits per heavy atom. The summed E-state index contributed by atoms with van der Waals surface area (Å²) in [4.78, 5) is 12.1. The number of hydrogen-bond donors (Lipinski definition) is 4. The van der Waals surface area contributed by atoms with Gasteiger partial charge in [0.1, 0.15) is 31.8 Å². The van der Waals surface area contributed by atoms with Gasteiger partial charge < -0.3 is 24.9 Å². The van der Waals surface area contributed by atoms with Gasteiger partial charge in [0, 0.05) is 6.42 Å². The van der Waals surface area contributed by atoms with E-state index in [0.29, 0.717) is 25.7 Å². The average Bonchev–Trinajstić information content (AvgIpc) is 2.66. The number of unbranched alkanes of at least 4 members (excludes halogenated alkanes) is 4. The maximum atomic E-state index is 12.1. The summed E-state index contributed by atoms with van der Waals surface area (Å²) in [5, 5.41) is 40.9. The van der Waals surface area contributed by atoms with Crippen molar-refractivity contribution in [2.75, 3.05) is 26.2 Å². The molecule has 6 nitrogen and oxygen atoms in total. The first kappa shape index (κ1) is 27.8. The maximum absolute atomic E-state index is 12.1. The van der Waals surface area contributed by atoms with Crippen molar-refractivity contribution in [3.63, 3.8) is 0 Å². The van der Waals surface area contributed by atoms with E-state index in [0.717, 1.165) is 38.5 Å². The molecule has 0 aromatic rings. The molecule has 0 aliphatic carbocycles. The Kier molecular flexibility index (Phi) is 15.9. The zero-order valence-electron chi connectivity index (χ0n) is 18.3. The average molecular weight is 415 g/mol. The maximum Gasteiger partial charge on any atom is 0.362 e. The molecule has 170 valence electrons. The highest BCUT2D eigenvalue weighted by Gasteiger charge is 2.43.